The van der Waals surface area contributed by atoms with Crippen molar-refractivity contribution >= 4 is 17.7 Å². The van der Waals surface area contributed by atoms with Crippen LogP contribution < -0.4 is 5.32 Å². The lowest BCUT2D eigenvalue weighted by molar-refractivity contribution is -0.159. The lowest BCUT2D eigenvalue weighted by atomic mass is 9.97. The summed E-state index contributed by atoms with van der Waals surface area (Å²) in [6.07, 6.45) is 0. The van der Waals surface area contributed by atoms with Crippen LogP contribution in [0.25, 0.3) is 0 Å². The minimum absolute atomic E-state index is 0.306. The number of nitrogens with one attached hydrogen (secondary N) is 1. The first-order valence-electron chi connectivity index (χ1n) is 6.34. The van der Waals surface area contributed by atoms with Crippen LogP contribution in [-0.4, -0.2) is 47.3 Å². The van der Waals surface area contributed by atoms with Gasteiger partial charge in [-0.3, -0.25) is 0 Å². The summed E-state index contributed by atoms with van der Waals surface area (Å²) in [7, 11) is 0. The van der Waals surface area contributed by atoms with Gasteiger partial charge >= 0.3 is 12.0 Å². The summed E-state index contributed by atoms with van der Waals surface area (Å²) < 4.78 is 5.23. The summed E-state index contributed by atoms with van der Waals surface area (Å²) in [5.41, 5.74) is 0.200. The monoisotopic (exact) mass is 289 g/mol. The van der Waals surface area contributed by atoms with Gasteiger partial charge in [-0.1, -0.05) is 12.1 Å². The van der Waals surface area contributed by atoms with Gasteiger partial charge in [0.05, 0.1) is 24.3 Å². The summed E-state index contributed by atoms with van der Waals surface area (Å²) >= 11 is 0. The maximum Gasteiger partial charge on any atom is 0.329 e. The number of likely N-dealkylation sites (tertiary alicyclic amines) is 1. The van der Waals surface area contributed by atoms with E-state index in [2.05, 4.69) is 5.32 Å². The Balaban J connectivity index is 1.89. The number of aliphatic carboxylic acids is 1. The van der Waals surface area contributed by atoms with E-state index in [1.54, 1.807) is 31.2 Å². The van der Waals surface area contributed by atoms with E-state index >= 15 is 0 Å². The molecule has 1 heterocycles. The number of amides is 2. The van der Waals surface area contributed by atoms with Crippen molar-refractivity contribution in [1.29, 1.82) is 5.26 Å². The van der Waals surface area contributed by atoms with E-state index in [1.807, 2.05) is 6.07 Å². The molecule has 1 aromatic rings. The molecule has 0 unspecified atom stereocenters. The van der Waals surface area contributed by atoms with Crippen molar-refractivity contribution in [2.45, 2.75) is 12.5 Å². The number of nitriles is 1. The molecule has 2 amide bonds. The zero-order valence-electron chi connectivity index (χ0n) is 11.5. The fraction of sp³-hybridized carbons (Fsp3) is 0.357. The molecule has 2 rings (SSSR count). The Bertz CT molecular complexity index is 602. The van der Waals surface area contributed by atoms with E-state index in [9.17, 15) is 9.59 Å². The van der Waals surface area contributed by atoms with E-state index in [0.29, 0.717) is 24.3 Å². The minimum atomic E-state index is -1.04. The van der Waals surface area contributed by atoms with E-state index < -0.39 is 11.6 Å². The third-order valence-corrected chi connectivity index (χ3v) is 3.17. The Morgan fingerprint density at radius 3 is 2.76 bits per heavy atom. The van der Waals surface area contributed by atoms with Crippen LogP contribution in [0.3, 0.4) is 0 Å². The quantitative estimate of drug-likeness (QED) is 0.868. The van der Waals surface area contributed by atoms with Gasteiger partial charge in [-0.15, -0.1) is 0 Å². The molecule has 21 heavy (non-hydrogen) atoms. The molecular weight excluding hydrogens is 274 g/mol. The molecule has 0 spiro atoms. The largest absolute Gasteiger partial charge is 0.480 e. The highest BCUT2D eigenvalue weighted by Gasteiger charge is 2.42. The molecule has 1 aromatic carbocycles. The summed E-state index contributed by atoms with van der Waals surface area (Å²) in [5, 5.41) is 20.2. The van der Waals surface area contributed by atoms with Gasteiger partial charge in [0.1, 0.15) is 18.3 Å². The third-order valence-electron chi connectivity index (χ3n) is 3.17. The second-order valence-corrected chi connectivity index (χ2v) is 5.08. The molecule has 1 saturated heterocycles. The summed E-state index contributed by atoms with van der Waals surface area (Å²) in [6, 6.07) is 8.37. The molecule has 0 bridgehead atoms. The van der Waals surface area contributed by atoms with Crippen LogP contribution in [0.15, 0.2) is 24.3 Å². The van der Waals surface area contributed by atoms with E-state index in [0.717, 1.165) is 0 Å². The van der Waals surface area contributed by atoms with Gasteiger partial charge in [0.2, 0.25) is 0 Å². The molecule has 1 aliphatic rings. The average molecular weight is 289 g/mol. The Morgan fingerprint density at radius 2 is 2.14 bits per heavy atom. The topological polar surface area (TPSA) is 103 Å². The number of carbonyl (C=O) groups excluding carboxylic acids is 1. The number of benzene rings is 1. The Labute approximate surface area is 121 Å². The fourth-order valence-electron chi connectivity index (χ4n) is 2.12. The molecule has 1 aliphatic heterocycles. The lowest BCUT2D eigenvalue weighted by Gasteiger charge is -2.46. The summed E-state index contributed by atoms with van der Waals surface area (Å²) in [5.74, 6) is -1.04. The number of hydrogen-bond acceptors (Lipinski definition) is 4. The van der Waals surface area contributed by atoms with Crippen LogP contribution in [0.5, 0.6) is 0 Å². The van der Waals surface area contributed by atoms with Crippen molar-refractivity contribution in [2.75, 3.05) is 25.0 Å². The van der Waals surface area contributed by atoms with Crippen LogP contribution in [0.2, 0.25) is 0 Å². The first kappa shape index (κ1) is 14.8. The Morgan fingerprint density at radius 1 is 1.48 bits per heavy atom. The molecular formula is C14H15N3O4. The van der Waals surface area contributed by atoms with E-state index in [4.69, 9.17) is 15.1 Å². The molecule has 0 saturated carbocycles. The van der Waals surface area contributed by atoms with E-state index in [1.165, 1.54) is 4.90 Å². The number of carboxylic acids is 1. The maximum absolute atomic E-state index is 12.0. The normalized spacial score (nSPS) is 15.7. The van der Waals surface area contributed by atoms with Gasteiger partial charge in [-0.25, -0.2) is 9.59 Å². The number of urea groups is 1. The zero-order chi connectivity index (χ0) is 15.5. The highest BCUT2D eigenvalue weighted by molar-refractivity contribution is 5.91. The van der Waals surface area contributed by atoms with Crippen molar-refractivity contribution in [2.24, 2.45) is 0 Å². The van der Waals surface area contributed by atoms with Gasteiger partial charge in [0.25, 0.3) is 0 Å². The van der Waals surface area contributed by atoms with Gasteiger partial charge in [-0.05, 0) is 19.1 Å². The van der Waals surface area contributed by atoms with Gasteiger partial charge in [0, 0.05) is 0 Å². The van der Waals surface area contributed by atoms with Crippen LogP contribution in [0.4, 0.5) is 10.5 Å². The molecule has 1 fully saturated rings. The molecule has 7 heteroatoms. The van der Waals surface area contributed by atoms with Crippen LogP contribution in [0, 0.1) is 11.3 Å². The number of para-hydroxylation sites is 1. The molecule has 2 N–H and O–H groups in total. The third kappa shape index (κ3) is 3.49. The van der Waals surface area contributed by atoms with Crippen molar-refractivity contribution in [3.8, 4) is 6.07 Å². The van der Waals surface area contributed by atoms with Gasteiger partial charge in [-0.2, -0.15) is 5.26 Å². The van der Waals surface area contributed by atoms with Crippen molar-refractivity contribution in [3.05, 3.63) is 29.8 Å². The molecule has 0 atom stereocenters. The smallest absolute Gasteiger partial charge is 0.329 e. The zero-order valence-corrected chi connectivity index (χ0v) is 11.5. The van der Waals surface area contributed by atoms with Crippen molar-refractivity contribution < 1.29 is 19.4 Å². The Hall–Kier alpha value is -2.59. The van der Waals surface area contributed by atoms with Crippen LogP contribution in [-0.2, 0) is 9.53 Å². The molecule has 110 valence electrons. The minimum Gasteiger partial charge on any atom is -0.480 e. The Kier molecular flexibility index (Phi) is 4.10. The second-order valence-electron chi connectivity index (χ2n) is 5.08. The number of hydrogen-bond donors (Lipinski definition) is 2. The first-order valence-corrected chi connectivity index (χ1v) is 6.34. The predicted octanol–water partition coefficient (Wildman–Crippen LogP) is 1.27. The van der Waals surface area contributed by atoms with Crippen molar-refractivity contribution in [3.63, 3.8) is 0 Å². The summed E-state index contributed by atoms with van der Waals surface area (Å²) in [4.78, 5) is 24.0. The lowest BCUT2D eigenvalue weighted by Crippen LogP contribution is -2.64. The van der Waals surface area contributed by atoms with Gasteiger partial charge < -0.3 is 20.1 Å². The van der Waals surface area contributed by atoms with E-state index in [-0.39, 0.29) is 12.6 Å². The summed E-state index contributed by atoms with van der Waals surface area (Å²) in [6.45, 7) is 1.98. The predicted molar refractivity (Wildman–Crippen MR) is 73.7 cm³/mol. The number of ether oxygens (including phenoxy) is 1. The number of anilines is 1. The first-order chi connectivity index (χ1) is 9.93. The standard InChI is InChI=1S/C14H15N3O4/c1-14(21-7-12(18)19)8-17(9-14)13(20)16-11-5-3-2-4-10(11)6-15/h2-5H,7-9H2,1H3,(H,16,20)(H,18,19). The SMILES string of the molecule is CC1(OCC(=O)O)CN(C(=O)Nc2ccccc2C#N)C1. The van der Waals surface area contributed by atoms with Crippen LogP contribution >= 0.6 is 0 Å². The molecule has 7 nitrogen and oxygen atoms in total. The average Bonchev–Trinajstić information content (AvgIpc) is 2.42. The van der Waals surface area contributed by atoms with Crippen molar-refractivity contribution in [1.82, 2.24) is 4.90 Å². The number of nitrogens with zero attached hydrogens (tertiary/aromatic N) is 2. The number of rotatable bonds is 4. The number of carboxylic acid groups (broad SMARTS) is 1. The second kappa shape index (κ2) is 5.81. The van der Waals surface area contributed by atoms with Crippen LogP contribution in [0.1, 0.15) is 12.5 Å². The maximum atomic E-state index is 12.0. The molecule has 0 radical (unpaired) electrons. The fourth-order valence-corrected chi connectivity index (χ4v) is 2.12. The molecule has 0 aromatic heterocycles. The molecule has 0 aliphatic carbocycles. The highest BCUT2D eigenvalue weighted by atomic mass is 16.5. The highest BCUT2D eigenvalue weighted by Crippen LogP contribution is 2.25. The number of carbonyl (C=O) groups is 2. The van der Waals surface area contributed by atoms with Gasteiger partial charge in [0.15, 0.2) is 0 Å².